The summed E-state index contributed by atoms with van der Waals surface area (Å²) in [6.45, 7) is 1.65. The normalized spacial score (nSPS) is 11.1. The van der Waals surface area contributed by atoms with Gasteiger partial charge in [-0.1, -0.05) is 15.9 Å². The van der Waals surface area contributed by atoms with E-state index in [9.17, 15) is 18.0 Å². The molecule has 10 heteroatoms. The van der Waals surface area contributed by atoms with E-state index in [1.54, 1.807) is 18.2 Å². The molecular formula is C20H24BrN3O5S. The predicted molar refractivity (Wildman–Crippen MR) is 118 cm³/mol. The van der Waals surface area contributed by atoms with Gasteiger partial charge >= 0.3 is 0 Å². The number of nitrogens with zero attached hydrogens (tertiary/aromatic N) is 1. The molecule has 0 bridgehead atoms. The SMILES string of the molecule is COc1ccc(S(=O)(=O)NCCC(=O)N(C)CC(=O)Nc2ccc(Br)cc2C)cc1. The number of hydrogen-bond donors (Lipinski definition) is 2. The van der Waals surface area contributed by atoms with Crippen molar-refractivity contribution in [1.29, 1.82) is 0 Å². The molecule has 0 saturated heterocycles. The third kappa shape index (κ3) is 6.82. The zero-order valence-electron chi connectivity index (χ0n) is 16.9. The molecule has 0 atom stereocenters. The Bertz CT molecular complexity index is 1010. The molecule has 0 aliphatic carbocycles. The Kier molecular flexibility index (Phi) is 8.39. The standard InChI is InChI=1S/C20H24BrN3O5S/c1-14-12-15(21)4-9-18(14)23-19(25)13-24(2)20(26)10-11-22-30(27,28)17-7-5-16(29-3)6-8-17/h4-9,12,22H,10-11,13H2,1-3H3,(H,23,25). The van der Waals surface area contributed by atoms with Crippen molar-refractivity contribution in [3.63, 3.8) is 0 Å². The van der Waals surface area contributed by atoms with Crippen LogP contribution in [-0.4, -0.2) is 52.4 Å². The van der Waals surface area contributed by atoms with E-state index in [-0.39, 0.29) is 36.2 Å². The number of nitrogens with one attached hydrogen (secondary N) is 2. The average molecular weight is 498 g/mol. The van der Waals surface area contributed by atoms with E-state index in [4.69, 9.17) is 4.74 Å². The van der Waals surface area contributed by atoms with Crippen LogP contribution < -0.4 is 14.8 Å². The second-order valence-corrected chi connectivity index (χ2v) is 9.26. The summed E-state index contributed by atoms with van der Waals surface area (Å²) in [4.78, 5) is 25.8. The highest BCUT2D eigenvalue weighted by Gasteiger charge is 2.17. The largest absolute Gasteiger partial charge is 0.497 e. The van der Waals surface area contributed by atoms with E-state index in [1.165, 1.54) is 31.2 Å². The summed E-state index contributed by atoms with van der Waals surface area (Å²) in [5.41, 5.74) is 1.55. The second kappa shape index (κ2) is 10.6. The Hall–Kier alpha value is -2.43. The number of ether oxygens (including phenoxy) is 1. The fourth-order valence-electron chi connectivity index (χ4n) is 2.58. The van der Waals surface area contributed by atoms with Gasteiger partial charge in [-0.2, -0.15) is 0 Å². The van der Waals surface area contributed by atoms with Crippen molar-refractivity contribution in [3.8, 4) is 5.75 Å². The first-order chi connectivity index (χ1) is 14.1. The fraction of sp³-hybridized carbons (Fsp3) is 0.300. The van der Waals surface area contributed by atoms with Crippen LogP contribution in [0.25, 0.3) is 0 Å². The van der Waals surface area contributed by atoms with Gasteiger partial charge in [-0.15, -0.1) is 0 Å². The maximum Gasteiger partial charge on any atom is 0.243 e. The van der Waals surface area contributed by atoms with Gasteiger partial charge < -0.3 is 15.0 Å². The number of benzene rings is 2. The molecule has 2 rings (SSSR count). The summed E-state index contributed by atoms with van der Waals surface area (Å²) >= 11 is 3.36. The van der Waals surface area contributed by atoms with Crippen LogP contribution in [0, 0.1) is 6.92 Å². The lowest BCUT2D eigenvalue weighted by atomic mass is 10.2. The number of hydrogen-bond acceptors (Lipinski definition) is 5. The maximum absolute atomic E-state index is 12.3. The number of carbonyl (C=O) groups is 2. The molecule has 2 aromatic rings. The quantitative estimate of drug-likeness (QED) is 0.553. The van der Waals surface area contributed by atoms with Crippen LogP contribution in [0.2, 0.25) is 0 Å². The molecule has 0 aromatic heterocycles. The van der Waals surface area contributed by atoms with Crippen LogP contribution in [0.4, 0.5) is 5.69 Å². The molecular weight excluding hydrogens is 474 g/mol. The van der Waals surface area contributed by atoms with Crippen LogP contribution in [0.5, 0.6) is 5.75 Å². The van der Waals surface area contributed by atoms with Crippen LogP contribution in [0.1, 0.15) is 12.0 Å². The summed E-state index contributed by atoms with van der Waals surface area (Å²) in [6.07, 6.45) is -0.0729. The number of sulfonamides is 1. The Morgan fingerprint density at radius 3 is 2.40 bits per heavy atom. The zero-order chi connectivity index (χ0) is 22.3. The van der Waals surface area contributed by atoms with Gasteiger partial charge in [-0.3, -0.25) is 9.59 Å². The highest BCUT2D eigenvalue weighted by molar-refractivity contribution is 9.10. The third-order valence-electron chi connectivity index (χ3n) is 4.27. The third-order valence-corrected chi connectivity index (χ3v) is 6.24. The molecule has 8 nitrogen and oxygen atoms in total. The Labute approximate surface area is 184 Å². The van der Waals surface area contributed by atoms with Gasteiger partial charge in [0.15, 0.2) is 0 Å². The first-order valence-electron chi connectivity index (χ1n) is 9.06. The lowest BCUT2D eigenvalue weighted by molar-refractivity contribution is -0.133. The van der Waals surface area contributed by atoms with Gasteiger partial charge in [0.25, 0.3) is 0 Å². The summed E-state index contributed by atoms with van der Waals surface area (Å²) in [5, 5.41) is 2.76. The summed E-state index contributed by atoms with van der Waals surface area (Å²) in [6, 6.07) is 11.4. The van der Waals surface area contributed by atoms with Crippen molar-refractivity contribution in [1.82, 2.24) is 9.62 Å². The molecule has 0 heterocycles. The molecule has 162 valence electrons. The first kappa shape index (κ1) is 23.8. The number of anilines is 1. The number of aryl methyl sites for hydroxylation is 1. The Balaban J connectivity index is 1.82. The van der Waals surface area contributed by atoms with Crippen molar-refractivity contribution >= 4 is 43.5 Å². The topological polar surface area (TPSA) is 105 Å². The van der Waals surface area contributed by atoms with Crippen molar-refractivity contribution < 1.29 is 22.7 Å². The number of likely N-dealkylation sites (N-methyl/N-ethyl adjacent to an activating group) is 1. The Morgan fingerprint density at radius 1 is 1.13 bits per heavy atom. The number of carbonyl (C=O) groups excluding carboxylic acids is 2. The monoisotopic (exact) mass is 497 g/mol. The fourth-order valence-corrected chi connectivity index (χ4v) is 4.09. The van der Waals surface area contributed by atoms with Crippen molar-refractivity contribution in [2.45, 2.75) is 18.2 Å². The van der Waals surface area contributed by atoms with E-state index in [2.05, 4.69) is 26.0 Å². The molecule has 0 aliphatic heterocycles. The van der Waals surface area contributed by atoms with Crippen LogP contribution in [0.3, 0.4) is 0 Å². The molecule has 30 heavy (non-hydrogen) atoms. The Morgan fingerprint density at radius 2 is 1.80 bits per heavy atom. The molecule has 2 N–H and O–H groups in total. The zero-order valence-corrected chi connectivity index (χ0v) is 19.3. The summed E-state index contributed by atoms with van der Waals surface area (Å²) in [5.74, 6) is -0.146. The van der Waals surface area contributed by atoms with E-state index in [0.717, 1.165) is 10.0 Å². The number of rotatable bonds is 9. The minimum Gasteiger partial charge on any atom is -0.497 e. The first-order valence-corrected chi connectivity index (χ1v) is 11.3. The summed E-state index contributed by atoms with van der Waals surface area (Å²) < 4.78 is 32.8. The number of amides is 2. The lowest BCUT2D eigenvalue weighted by Crippen LogP contribution is -2.37. The molecule has 2 aromatic carbocycles. The van der Waals surface area contributed by atoms with Crippen molar-refractivity contribution in [2.24, 2.45) is 0 Å². The minimum absolute atomic E-state index is 0.0729. The number of halogens is 1. The molecule has 2 amide bonds. The van der Waals surface area contributed by atoms with Gasteiger partial charge in [-0.25, -0.2) is 13.1 Å². The maximum atomic E-state index is 12.3. The van der Waals surface area contributed by atoms with Crippen LogP contribution >= 0.6 is 15.9 Å². The van der Waals surface area contributed by atoms with Gasteiger partial charge in [-0.05, 0) is 55.0 Å². The molecule has 0 aliphatic rings. The lowest BCUT2D eigenvalue weighted by Gasteiger charge is -2.17. The molecule has 0 saturated carbocycles. The van der Waals surface area contributed by atoms with Gasteiger partial charge in [0.2, 0.25) is 21.8 Å². The van der Waals surface area contributed by atoms with Crippen molar-refractivity contribution in [3.05, 3.63) is 52.5 Å². The van der Waals surface area contributed by atoms with Crippen molar-refractivity contribution in [2.75, 3.05) is 32.6 Å². The van der Waals surface area contributed by atoms with E-state index in [0.29, 0.717) is 11.4 Å². The highest BCUT2D eigenvalue weighted by Crippen LogP contribution is 2.20. The molecule has 0 unspecified atom stereocenters. The molecule has 0 spiro atoms. The van der Waals surface area contributed by atoms with E-state index >= 15 is 0 Å². The van der Waals surface area contributed by atoms with Gasteiger partial charge in [0.05, 0.1) is 18.6 Å². The average Bonchev–Trinajstić information content (AvgIpc) is 2.69. The predicted octanol–water partition coefficient (Wildman–Crippen LogP) is 2.53. The van der Waals surface area contributed by atoms with Crippen LogP contribution in [-0.2, 0) is 19.6 Å². The molecule has 0 fully saturated rings. The van der Waals surface area contributed by atoms with Crippen LogP contribution in [0.15, 0.2) is 51.8 Å². The van der Waals surface area contributed by atoms with E-state index < -0.39 is 10.0 Å². The smallest absolute Gasteiger partial charge is 0.243 e. The minimum atomic E-state index is -3.74. The highest BCUT2D eigenvalue weighted by atomic mass is 79.9. The second-order valence-electron chi connectivity index (χ2n) is 6.58. The molecule has 0 radical (unpaired) electrons. The summed E-state index contributed by atoms with van der Waals surface area (Å²) in [7, 11) is -0.753. The number of methoxy groups -OCH3 is 1. The van der Waals surface area contributed by atoms with E-state index in [1.807, 2.05) is 19.1 Å². The van der Waals surface area contributed by atoms with Gasteiger partial charge in [0.1, 0.15) is 5.75 Å². The van der Waals surface area contributed by atoms with Gasteiger partial charge in [0, 0.05) is 30.2 Å².